The van der Waals surface area contributed by atoms with E-state index in [0.717, 1.165) is 42.9 Å². The number of rotatable bonds is 2. The van der Waals surface area contributed by atoms with Gasteiger partial charge in [0.2, 0.25) is 0 Å². The molecule has 1 aromatic rings. The second-order valence-corrected chi connectivity index (χ2v) is 7.04. The van der Waals surface area contributed by atoms with Gasteiger partial charge in [-0.3, -0.25) is 4.79 Å². The van der Waals surface area contributed by atoms with Crippen LogP contribution >= 0.6 is 11.5 Å². The van der Waals surface area contributed by atoms with E-state index >= 15 is 0 Å². The predicted molar refractivity (Wildman–Crippen MR) is 78.6 cm³/mol. The van der Waals surface area contributed by atoms with Crippen LogP contribution in [0, 0.1) is 0 Å². The number of hydrogen-bond donors (Lipinski definition) is 0. The Bertz CT molecular complexity index is 545. The molecule has 2 unspecified atom stereocenters. The molecular weight excluding hydrogens is 288 g/mol. The average molecular weight is 308 g/mol. The van der Waals surface area contributed by atoms with Crippen LogP contribution in [0.15, 0.2) is 0 Å². The Morgan fingerprint density at radius 1 is 1.33 bits per heavy atom. The van der Waals surface area contributed by atoms with Gasteiger partial charge in [-0.1, -0.05) is 4.49 Å². The van der Waals surface area contributed by atoms with Crippen molar-refractivity contribution in [2.75, 3.05) is 33.3 Å². The highest BCUT2D eigenvalue weighted by molar-refractivity contribution is 7.08. The first-order chi connectivity index (χ1) is 10.2. The third-order valence-corrected chi connectivity index (χ3v) is 5.45. The number of morpholine rings is 1. The number of aromatic nitrogens is 2. The predicted octanol–water partition coefficient (Wildman–Crippen LogP) is 0.961. The standard InChI is InChI=1S/C14H20N4O2S/c1-17-5-4-11-10(8-17)18(6-7-20-11)14(19)13-12(9-2-3-9)15-16-21-13/h9-11H,2-8H2,1H3. The van der Waals surface area contributed by atoms with E-state index in [4.69, 9.17) is 4.74 Å². The van der Waals surface area contributed by atoms with Crippen molar-refractivity contribution in [3.8, 4) is 0 Å². The van der Waals surface area contributed by atoms with Gasteiger partial charge in [0.05, 0.1) is 24.4 Å². The number of fused-ring (bicyclic) bond motifs is 1. The maximum atomic E-state index is 13.0. The summed E-state index contributed by atoms with van der Waals surface area (Å²) in [5.74, 6) is 0.578. The summed E-state index contributed by atoms with van der Waals surface area (Å²) < 4.78 is 9.89. The molecule has 114 valence electrons. The van der Waals surface area contributed by atoms with Gasteiger partial charge in [0, 0.05) is 25.6 Å². The smallest absolute Gasteiger partial charge is 0.267 e. The Morgan fingerprint density at radius 2 is 2.19 bits per heavy atom. The maximum absolute atomic E-state index is 13.0. The van der Waals surface area contributed by atoms with E-state index in [1.807, 2.05) is 4.90 Å². The van der Waals surface area contributed by atoms with Gasteiger partial charge in [-0.05, 0) is 37.8 Å². The molecule has 0 radical (unpaired) electrons. The summed E-state index contributed by atoms with van der Waals surface area (Å²) in [4.78, 5) is 18.0. The monoisotopic (exact) mass is 308 g/mol. The van der Waals surface area contributed by atoms with Crippen molar-refractivity contribution >= 4 is 17.4 Å². The summed E-state index contributed by atoms with van der Waals surface area (Å²) in [7, 11) is 2.11. The van der Waals surface area contributed by atoms with Gasteiger partial charge in [0.15, 0.2) is 0 Å². The zero-order valence-electron chi connectivity index (χ0n) is 12.2. The molecule has 2 saturated heterocycles. The number of likely N-dealkylation sites (tertiary alicyclic amines) is 1. The van der Waals surface area contributed by atoms with E-state index in [9.17, 15) is 4.79 Å². The summed E-state index contributed by atoms with van der Waals surface area (Å²) in [6, 6.07) is 0.166. The summed E-state index contributed by atoms with van der Waals surface area (Å²) in [6.07, 6.45) is 3.47. The lowest BCUT2D eigenvalue weighted by atomic mass is 9.98. The number of carbonyl (C=O) groups is 1. The van der Waals surface area contributed by atoms with E-state index in [1.54, 1.807) is 0 Å². The zero-order chi connectivity index (χ0) is 14.4. The molecule has 1 saturated carbocycles. The van der Waals surface area contributed by atoms with Crippen LogP contribution in [0.1, 0.15) is 40.5 Å². The molecule has 1 aromatic heterocycles. The van der Waals surface area contributed by atoms with Gasteiger partial charge in [-0.15, -0.1) is 5.10 Å². The molecule has 3 fully saturated rings. The normalized spacial score (nSPS) is 30.2. The van der Waals surface area contributed by atoms with Crippen molar-refractivity contribution in [3.63, 3.8) is 0 Å². The van der Waals surface area contributed by atoms with Crippen molar-refractivity contribution in [3.05, 3.63) is 10.6 Å². The molecule has 6 nitrogen and oxygen atoms in total. The van der Waals surface area contributed by atoms with Crippen LogP contribution in [-0.4, -0.2) is 70.7 Å². The maximum Gasteiger partial charge on any atom is 0.267 e. The van der Waals surface area contributed by atoms with Crippen molar-refractivity contribution in [1.82, 2.24) is 19.4 Å². The van der Waals surface area contributed by atoms with Gasteiger partial charge in [-0.25, -0.2) is 0 Å². The molecule has 3 heterocycles. The summed E-state index contributed by atoms with van der Waals surface area (Å²) in [5.41, 5.74) is 0.928. The summed E-state index contributed by atoms with van der Waals surface area (Å²) in [5, 5.41) is 4.19. The van der Waals surface area contributed by atoms with Crippen molar-refractivity contribution < 1.29 is 9.53 Å². The Morgan fingerprint density at radius 3 is 3.00 bits per heavy atom. The second kappa shape index (κ2) is 5.30. The van der Waals surface area contributed by atoms with E-state index in [1.165, 1.54) is 11.5 Å². The van der Waals surface area contributed by atoms with E-state index in [-0.39, 0.29) is 18.1 Å². The van der Waals surface area contributed by atoms with Gasteiger partial charge in [-0.2, -0.15) is 0 Å². The molecule has 7 heteroatoms. The molecule has 0 N–H and O–H groups in total. The first kappa shape index (κ1) is 13.6. The van der Waals surface area contributed by atoms with Crippen LogP contribution in [0.25, 0.3) is 0 Å². The fraction of sp³-hybridized carbons (Fsp3) is 0.786. The first-order valence-electron chi connectivity index (χ1n) is 7.67. The van der Waals surface area contributed by atoms with Crippen LogP contribution in [-0.2, 0) is 4.74 Å². The Balaban J connectivity index is 1.58. The molecule has 3 aliphatic rings. The molecule has 0 spiro atoms. The molecule has 0 aromatic carbocycles. The summed E-state index contributed by atoms with van der Waals surface area (Å²) in [6.45, 7) is 3.25. The van der Waals surface area contributed by atoms with Gasteiger partial charge < -0.3 is 14.5 Å². The zero-order valence-corrected chi connectivity index (χ0v) is 13.0. The van der Waals surface area contributed by atoms with E-state index in [2.05, 4.69) is 21.5 Å². The average Bonchev–Trinajstić information content (AvgIpc) is 3.23. The minimum atomic E-state index is 0.112. The lowest BCUT2D eigenvalue weighted by Crippen LogP contribution is -2.60. The van der Waals surface area contributed by atoms with Crippen LogP contribution in [0.2, 0.25) is 0 Å². The number of piperidine rings is 1. The summed E-state index contributed by atoms with van der Waals surface area (Å²) >= 11 is 1.25. The van der Waals surface area contributed by atoms with Crippen LogP contribution in [0.5, 0.6) is 0 Å². The van der Waals surface area contributed by atoms with Crippen molar-refractivity contribution in [1.29, 1.82) is 0 Å². The third kappa shape index (κ3) is 2.47. The number of ether oxygens (including phenoxy) is 1. The number of likely N-dealkylation sites (N-methyl/N-ethyl adjacent to an activating group) is 1. The number of hydrogen-bond acceptors (Lipinski definition) is 6. The van der Waals surface area contributed by atoms with E-state index in [0.29, 0.717) is 19.1 Å². The van der Waals surface area contributed by atoms with Gasteiger partial charge in [0.1, 0.15) is 4.88 Å². The Labute approximate surface area is 128 Å². The molecule has 1 aliphatic carbocycles. The number of carbonyl (C=O) groups excluding carboxylic acids is 1. The third-order valence-electron chi connectivity index (χ3n) is 4.72. The second-order valence-electron chi connectivity index (χ2n) is 6.29. The van der Waals surface area contributed by atoms with Gasteiger partial charge >= 0.3 is 0 Å². The largest absolute Gasteiger partial charge is 0.374 e. The minimum absolute atomic E-state index is 0.112. The Kier molecular flexibility index (Phi) is 3.43. The minimum Gasteiger partial charge on any atom is -0.374 e. The number of nitrogens with zero attached hydrogens (tertiary/aromatic N) is 4. The van der Waals surface area contributed by atoms with Crippen molar-refractivity contribution in [2.24, 2.45) is 0 Å². The quantitative estimate of drug-likeness (QED) is 0.814. The van der Waals surface area contributed by atoms with Gasteiger partial charge in [0.25, 0.3) is 5.91 Å². The highest BCUT2D eigenvalue weighted by Gasteiger charge is 2.41. The first-order valence-corrected chi connectivity index (χ1v) is 8.44. The van der Waals surface area contributed by atoms with Crippen LogP contribution in [0.4, 0.5) is 0 Å². The van der Waals surface area contributed by atoms with Crippen LogP contribution in [0.3, 0.4) is 0 Å². The molecule has 0 bridgehead atoms. The molecule has 4 rings (SSSR count). The lowest BCUT2D eigenvalue weighted by Gasteiger charge is -2.46. The molecule has 1 amide bonds. The molecule has 21 heavy (non-hydrogen) atoms. The van der Waals surface area contributed by atoms with E-state index < -0.39 is 0 Å². The van der Waals surface area contributed by atoms with Crippen LogP contribution < -0.4 is 0 Å². The molecule has 2 atom stereocenters. The SMILES string of the molecule is CN1CCC2OCCN(C(=O)c3snnc3C3CC3)C2C1. The van der Waals surface area contributed by atoms with Crippen molar-refractivity contribution in [2.45, 2.75) is 37.3 Å². The highest BCUT2D eigenvalue weighted by Crippen LogP contribution is 2.41. The fourth-order valence-electron chi connectivity index (χ4n) is 3.38. The molecule has 2 aliphatic heterocycles. The molecular formula is C14H20N4O2S. The number of amides is 1. The Hall–Kier alpha value is -1.05. The highest BCUT2D eigenvalue weighted by atomic mass is 32.1. The fourth-order valence-corrected chi connectivity index (χ4v) is 4.09. The lowest BCUT2D eigenvalue weighted by molar-refractivity contribution is -0.0869. The topological polar surface area (TPSA) is 58.6 Å².